The molecule has 14 heavy (non-hydrogen) atoms. The molecule has 1 rings (SSSR count). The van der Waals surface area contributed by atoms with E-state index in [0.29, 0.717) is 12.2 Å². The number of benzene rings is 1. The zero-order valence-electron chi connectivity index (χ0n) is 7.99. The van der Waals surface area contributed by atoms with Crippen molar-refractivity contribution in [3.8, 4) is 5.75 Å². The van der Waals surface area contributed by atoms with Crippen LogP contribution in [-0.2, 0) is 16.1 Å². The molecule has 0 saturated heterocycles. The van der Waals surface area contributed by atoms with Gasteiger partial charge in [-0.05, 0) is 13.0 Å². The molecule has 0 aromatic heterocycles. The van der Waals surface area contributed by atoms with Crippen molar-refractivity contribution in [3.63, 3.8) is 0 Å². The number of amides is 1. The fourth-order valence-electron chi connectivity index (χ4n) is 1.02. The van der Waals surface area contributed by atoms with Crippen LogP contribution in [0.5, 0.6) is 5.75 Å². The summed E-state index contributed by atoms with van der Waals surface area (Å²) >= 11 is 0. The summed E-state index contributed by atoms with van der Waals surface area (Å²) in [5.74, 6) is -0.146. The lowest BCUT2D eigenvalue weighted by Gasteiger charge is -2.04. The molecule has 1 aromatic rings. The van der Waals surface area contributed by atoms with Gasteiger partial charge in [0, 0.05) is 5.56 Å². The van der Waals surface area contributed by atoms with Gasteiger partial charge in [-0.1, -0.05) is 18.2 Å². The summed E-state index contributed by atoms with van der Waals surface area (Å²) in [7, 11) is 0. The lowest BCUT2D eigenvalue weighted by atomic mass is 10.1. The van der Waals surface area contributed by atoms with Crippen LogP contribution in [0.15, 0.2) is 24.3 Å². The van der Waals surface area contributed by atoms with E-state index in [-0.39, 0.29) is 18.1 Å². The molecule has 4 nitrogen and oxygen atoms in total. The van der Waals surface area contributed by atoms with Gasteiger partial charge in [0.1, 0.15) is 5.75 Å². The van der Waals surface area contributed by atoms with E-state index in [1.54, 1.807) is 31.2 Å². The van der Waals surface area contributed by atoms with Gasteiger partial charge in [-0.15, -0.1) is 0 Å². The van der Waals surface area contributed by atoms with E-state index >= 15 is 0 Å². The lowest BCUT2D eigenvalue weighted by Crippen LogP contribution is -2.25. The molecule has 0 unspecified atom stereocenters. The first kappa shape index (κ1) is 10.5. The second-order valence-electron chi connectivity index (χ2n) is 2.76. The Kier molecular flexibility index (Phi) is 3.94. The zero-order chi connectivity index (χ0) is 10.4. The smallest absolute Gasteiger partial charge is 0.248 e. The fraction of sp³-hybridized carbons (Fsp3) is 0.300. The molecule has 2 N–H and O–H groups in total. The topological polar surface area (TPSA) is 58.6 Å². The lowest BCUT2D eigenvalue weighted by molar-refractivity contribution is -0.132. The van der Waals surface area contributed by atoms with Crippen LogP contribution in [0.1, 0.15) is 12.5 Å². The van der Waals surface area contributed by atoms with E-state index in [0.717, 1.165) is 0 Å². The Morgan fingerprint density at radius 3 is 2.86 bits per heavy atom. The molecule has 4 heteroatoms. The Morgan fingerprint density at radius 2 is 2.21 bits per heavy atom. The maximum absolute atomic E-state index is 11.2. The minimum Gasteiger partial charge on any atom is -0.508 e. The van der Waals surface area contributed by atoms with Gasteiger partial charge in [-0.3, -0.25) is 9.63 Å². The first-order valence-corrected chi connectivity index (χ1v) is 4.41. The summed E-state index contributed by atoms with van der Waals surface area (Å²) in [6.45, 7) is 2.20. The molecule has 0 heterocycles. The van der Waals surface area contributed by atoms with Crippen LogP contribution in [-0.4, -0.2) is 17.6 Å². The van der Waals surface area contributed by atoms with Crippen LogP contribution in [0.3, 0.4) is 0 Å². The standard InChI is InChI=1S/C10H13NO3/c1-2-14-11-10(13)7-8-5-3-4-6-9(8)12/h3-6,12H,2,7H2,1H3,(H,11,13). The molecule has 76 valence electrons. The van der Waals surface area contributed by atoms with Gasteiger partial charge in [0.2, 0.25) is 5.91 Å². The summed E-state index contributed by atoms with van der Waals surface area (Å²) < 4.78 is 0. The predicted molar refractivity (Wildman–Crippen MR) is 51.6 cm³/mol. The average Bonchev–Trinajstić information content (AvgIpc) is 2.18. The normalized spacial score (nSPS) is 9.79. The third-order valence-electron chi connectivity index (χ3n) is 1.67. The summed E-state index contributed by atoms with van der Waals surface area (Å²) in [6, 6.07) is 6.71. The van der Waals surface area contributed by atoms with Crippen LogP contribution in [0.4, 0.5) is 0 Å². The van der Waals surface area contributed by atoms with Gasteiger partial charge in [0.25, 0.3) is 0 Å². The minimum atomic E-state index is -0.270. The number of hydrogen-bond acceptors (Lipinski definition) is 3. The van der Waals surface area contributed by atoms with E-state index < -0.39 is 0 Å². The minimum absolute atomic E-state index is 0.118. The first-order valence-electron chi connectivity index (χ1n) is 4.41. The number of aromatic hydroxyl groups is 1. The molecule has 0 aliphatic rings. The molecule has 0 aliphatic carbocycles. The van der Waals surface area contributed by atoms with E-state index in [2.05, 4.69) is 5.48 Å². The maximum Gasteiger partial charge on any atom is 0.248 e. The van der Waals surface area contributed by atoms with Crippen LogP contribution in [0.2, 0.25) is 0 Å². The van der Waals surface area contributed by atoms with Crippen molar-refractivity contribution in [3.05, 3.63) is 29.8 Å². The summed E-state index contributed by atoms with van der Waals surface area (Å²) in [4.78, 5) is 15.9. The van der Waals surface area contributed by atoms with Crippen molar-refractivity contribution in [2.75, 3.05) is 6.61 Å². The number of phenolic OH excluding ortho intramolecular Hbond substituents is 1. The van der Waals surface area contributed by atoms with E-state index in [1.807, 2.05) is 0 Å². The van der Waals surface area contributed by atoms with Gasteiger partial charge < -0.3 is 5.11 Å². The van der Waals surface area contributed by atoms with Crippen molar-refractivity contribution in [1.29, 1.82) is 0 Å². The van der Waals surface area contributed by atoms with Gasteiger partial charge in [-0.25, -0.2) is 5.48 Å². The highest BCUT2D eigenvalue weighted by Gasteiger charge is 2.05. The predicted octanol–water partition coefficient (Wildman–Crippen LogP) is 1.00. The third-order valence-corrected chi connectivity index (χ3v) is 1.67. The molecule has 0 bridgehead atoms. The van der Waals surface area contributed by atoms with E-state index in [4.69, 9.17) is 4.84 Å². The SMILES string of the molecule is CCONC(=O)Cc1ccccc1O. The number of carbonyl (C=O) groups excluding carboxylic acids is 1. The molecular weight excluding hydrogens is 182 g/mol. The Labute approximate surface area is 82.5 Å². The molecule has 0 radical (unpaired) electrons. The number of nitrogens with one attached hydrogen (secondary N) is 1. The highest BCUT2D eigenvalue weighted by atomic mass is 16.6. The summed E-state index contributed by atoms with van der Waals surface area (Å²) in [5, 5.41) is 9.36. The monoisotopic (exact) mass is 195 g/mol. The maximum atomic E-state index is 11.2. The molecule has 1 aromatic carbocycles. The van der Waals surface area contributed by atoms with Crippen molar-refractivity contribution < 1.29 is 14.7 Å². The molecule has 0 saturated carbocycles. The number of hydrogen-bond donors (Lipinski definition) is 2. The van der Waals surface area contributed by atoms with Crippen LogP contribution in [0.25, 0.3) is 0 Å². The first-order chi connectivity index (χ1) is 6.74. The van der Waals surface area contributed by atoms with E-state index in [1.165, 1.54) is 0 Å². The van der Waals surface area contributed by atoms with Crippen molar-refractivity contribution in [2.24, 2.45) is 0 Å². The number of para-hydroxylation sites is 1. The number of hydroxylamine groups is 1. The summed E-state index contributed by atoms with van der Waals surface area (Å²) in [5.41, 5.74) is 2.85. The molecule has 0 atom stereocenters. The second-order valence-corrected chi connectivity index (χ2v) is 2.76. The average molecular weight is 195 g/mol. The number of carbonyl (C=O) groups is 1. The Bertz CT molecular complexity index is 312. The quantitative estimate of drug-likeness (QED) is 0.705. The molecule has 0 aliphatic heterocycles. The second kappa shape index (κ2) is 5.24. The van der Waals surface area contributed by atoms with Gasteiger partial charge >= 0.3 is 0 Å². The van der Waals surface area contributed by atoms with Crippen molar-refractivity contribution in [2.45, 2.75) is 13.3 Å². The molecule has 0 fully saturated rings. The Morgan fingerprint density at radius 1 is 1.50 bits per heavy atom. The van der Waals surface area contributed by atoms with E-state index in [9.17, 15) is 9.90 Å². The van der Waals surface area contributed by atoms with Crippen molar-refractivity contribution in [1.82, 2.24) is 5.48 Å². The van der Waals surface area contributed by atoms with Crippen LogP contribution in [0, 0.1) is 0 Å². The van der Waals surface area contributed by atoms with Crippen LogP contribution >= 0.6 is 0 Å². The number of phenols is 1. The highest BCUT2D eigenvalue weighted by Crippen LogP contribution is 2.15. The molecular formula is C10H13NO3. The largest absolute Gasteiger partial charge is 0.508 e. The molecule has 1 amide bonds. The van der Waals surface area contributed by atoms with Crippen LogP contribution < -0.4 is 5.48 Å². The number of rotatable bonds is 4. The highest BCUT2D eigenvalue weighted by molar-refractivity contribution is 5.78. The summed E-state index contributed by atoms with van der Waals surface area (Å²) in [6.07, 6.45) is 0.118. The molecule has 0 spiro atoms. The Hall–Kier alpha value is -1.55. The third kappa shape index (κ3) is 3.06. The fourth-order valence-corrected chi connectivity index (χ4v) is 1.02. The van der Waals surface area contributed by atoms with Crippen molar-refractivity contribution >= 4 is 5.91 Å². The Balaban J connectivity index is 2.52. The van der Waals surface area contributed by atoms with Gasteiger partial charge in [0.15, 0.2) is 0 Å². The van der Waals surface area contributed by atoms with Gasteiger partial charge in [0.05, 0.1) is 13.0 Å². The van der Waals surface area contributed by atoms with Gasteiger partial charge in [-0.2, -0.15) is 0 Å². The zero-order valence-corrected chi connectivity index (χ0v) is 7.99.